The van der Waals surface area contributed by atoms with Crippen LogP contribution >= 0.6 is 15.9 Å². The summed E-state index contributed by atoms with van der Waals surface area (Å²) in [4.78, 5) is 12.1. The monoisotopic (exact) mass is 447 g/mol. The molecule has 0 heterocycles. The van der Waals surface area contributed by atoms with Crippen molar-refractivity contribution in [3.05, 3.63) is 99.0 Å². The molecule has 5 nitrogen and oxygen atoms in total. The largest absolute Gasteiger partial charge is 0.488 e. The van der Waals surface area contributed by atoms with Crippen LogP contribution in [-0.4, -0.2) is 12.1 Å². The van der Waals surface area contributed by atoms with Gasteiger partial charge in [-0.3, -0.25) is 4.79 Å². The Morgan fingerprint density at radius 1 is 1.17 bits per heavy atom. The molecule has 3 aromatic rings. The molecule has 0 radical (unpaired) electrons. The van der Waals surface area contributed by atoms with E-state index < -0.39 is 0 Å². The van der Waals surface area contributed by atoms with Crippen molar-refractivity contribution in [1.29, 1.82) is 5.26 Å². The summed E-state index contributed by atoms with van der Waals surface area (Å²) in [5.74, 6) is 0.384. The van der Waals surface area contributed by atoms with Gasteiger partial charge in [0.2, 0.25) is 0 Å². The Morgan fingerprint density at radius 3 is 2.66 bits per heavy atom. The average molecular weight is 448 g/mol. The molecule has 0 unspecified atom stereocenters. The number of nitrogens with zero attached hydrogens (tertiary/aromatic N) is 2. The Labute approximate surface area is 177 Å². The second-order valence-corrected chi connectivity index (χ2v) is 7.17. The van der Waals surface area contributed by atoms with E-state index in [1.54, 1.807) is 24.4 Å². The maximum Gasteiger partial charge on any atom is 0.271 e. The fourth-order valence-corrected chi connectivity index (χ4v) is 3.07. The van der Waals surface area contributed by atoms with Gasteiger partial charge in [0.05, 0.1) is 22.3 Å². The van der Waals surface area contributed by atoms with Crippen molar-refractivity contribution in [3.8, 4) is 11.8 Å². The van der Waals surface area contributed by atoms with E-state index in [1.807, 2.05) is 55.5 Å². The molecule has 1 N–H and O–H groups in total. The van der Waals surface area contributed by atoms with E-state index in [0.29, 0.717) is 23.5 Å². The molecule has 29 heavy (non-hydrogen) atoms. The summed E-state index contributed by atoms with van der Waals surface area (Å²) in [6, 6.07) is 22.2. The number of nitriles is 1. The number of carbonyl (C=O) groups excluding carboxylic acids is 1. The predicted octanol–water partition coefficient (Wildman–Crippen LogP) is 4.97. The van der Waals surface area contributed by atoms with Crippen LogP contribution in [0.1, 0.15) is 32.6 Å². The highest BCUT2D eigenvalue weighted by molar-refractivity contribution is 9.10. The van der Waals surface area contributed by atoms with Gasteiger partial charge in [-0.2, -0.15) is 10.4 Å². The Kier molecular flexibility index (Phi) is 6.77. The maximum atomic E-state index is 12.1. The molecule has 0 aliphatic carbocycles. The third-order valence-corrected chi connectivity index (χ3v) is 4.79. The van der Waals surface area contributed by atoms with E-state index in [9.17, 15) is 4.79 Å². The van der Waals surface area contributed by atoms with Crippen molar-refractivity contribution in [3.63, 3.8) is 0 Å². The van der Waals surface area contributed by atoms with Gasteiger partial charge in [-0.1, -0.05) is 35.9 Å². The first-order chi connectivity index (χ1) is 14.1. The predicted molar refractivity (Wildman–Crippen MR) is 116 cm³/mol. The number of amides is 1. The molecule has 3 aromatic carbocycles. The van der Waals surface area contributed by atoms with E-state index in [0.717, 1.165) is 21.2 Å². The zero-order valence-electron chi connectivity index (χ0n) is 15.7. The molecule has 0 saturated heterocycles. The molecule has 0 aliphatic rings. The molecule has 0 atom stereocenters. The van der Waals surface area contributed by atoms with Gasteiger partial charge < -0.3 is 4.74 Å². The Bertz CT molecular complexity index is 1090. The Balaban J connectivity index is 1.60. The number of carbonyl (C=O) groups is 1. The standard InChI is InChI=1S/C23H18BrN3O2/c1-16-6-9-18(10-7-16)23(28)27-26-14-17-8-11-22(21(24)12-17)29-15-20-5-3-2-4-19(20)13-25/h2-12,14H,15H2,1H3,(H,27,28)/b26-14-. The molecule has 144 valence electrons. The molecular weight excluding hydrogens is 430 g/mol. The van der Waals surface area contributed by atoms with Crippen LogP contribution in [-0.2, 0) is 6.61 Å². The zero-order chi connectivity index (χ0) is 20.6. The Hall–Kier alpha value is -3.43. The van der Waals surface area contributed by atoms with Gasteiger partial charge in [0.1, 0.15) is 12.4 Å². The third-order valence-electron chi connectivity index (χ3n) is 4.17. The summed E-state index contributed by atoms with van der Waals surface area (Å²) in [7, 11) is 0. The van der Waals surface area contributed by atoms with Crippen LogP contribution < -0.4 is 10.2 Å². The summed E-state index contributed by atoms with van der Waals surface area (Å²) in [5.41, 5.74) is 6.37. The quantitative estimate of drug-likeness (QED) is 0.427. The normalized spacial score (nSPS) is 10.5. The lowest BCUT2D eigenvalue weighted by molar-refractivity contribution is 0.0955. The fraction of sp³-hybridized carbons (Fsp3) is 0.0870. The minimum absolute atomic E-state index is 0.267. The molecule has 0 aliphatic heterocycles. The van der Waals surface area contributed by atoms with Gasteiger partial charge in [-0.25, -0.2) is 5.43 Å². The summed E-state index contributed by atoms with van der Waals surface area (Å²) >= 11 is 3.48. The number of halogens is 1. The highest BCUT2D eigenvalue weighted by Gasteiger charge is 2.06. The number of nitrogens with one attached hydrogen (secondary N) is 1. The second-order valence-electron chi connectivity index (χ2n) is 6.31. The number of benzene rings is 3. The third kappa shape index (κ3) is 5.53. The number of aryl methyl sites for hydroxylation is 1. The topological polar surface area (TPSA) is 74.5 Å². The second kappa shape index (κ2) is 9.67. The van der Waals surface area contributed by atoms with E-state index in [-0.39, 0.29) is 5.91 Å². The van der Waals surface area contributed by atoms with Gasteiger partial charge in [-0.15, -0.1) is 0 Å². The molecular formula is C23H18BrN3O2. The first-order valence-corrected chi connectivity index (χ1v) is 9.66. The van der Waals surface area contributed by atoms with Gasteiger partial charge in [0.15, 0.2) is 0 Å². The van der Waals surface area contributed by atoms with Crippen molar-refractivity contribution >= 4 is 28.1 Å². The van der Waals surface area contributed by atoms with E-state index in [1.165, 1.54) is 0 Å². The van der Waals surface area contributed by atoms with Crippen LogP contribution in [0.3, 0.4) is 0 Å². The number of rotatable bonds is 6. The van der Waals surface area contributed by atoms with Gasteiger partial charge in [0.25, 0.3) is 5.91 Å². The molecule has 0 saturated carbocycles. The zero-order valence-corrected chi connectivity index (χ0v) is 17.3. The molecule has 0 spiro atoms. The maximum absolute atomic E-state index is 12.1. The lowest BCUT2D eigenvalue weighted by Gasteiger charge is -2.10. The summed E-state index contributed by atoms with van der Waals surface area (Å²) in [5, 5.41) is 13.2. The van der Waals surface area contributed by atoms with Crippen LogP contribution in [0.15, 0.2) is 76.3 Å². The number of hydrogen-bond acceptors (Lipinski definition) is 4. The molecule has 1 amide bonds. The molecule has 0 aromatic heterocycles. The minimum Gasteiger partial charge on any atom is -0.488 e. The van der Waals surface area contributed by atoms with E-state index in [2.05, 4.69) is 32.5 Å². The smallest absolute Gasteiger partial charge is 0.271 e. The highest BCUT2D eigenvalue weighted by Crippen LogP contribution is 2.26. The first-order valence-electron chi connectivity index (χ1n) is 8.87. The van der Waals surface area contributed by atoms with Crippen molar-refractivity contribution in [2.24, 2.45) is 5.10 Å². The van der Waals surface area contributed by atoms with Crippen LogP contribution in [0, 0.1) is 18.3 Å². The SMILES string of the molecule is Cc1ccc(C(=O)N/N=C\c2ccc(OCc3ccccc3C#N)c(Br)c2)cc1. The molecule has 0 bridgehead atoms. The molecule has 6 heteroatoms. The number of hydrazone groups is 1. The lowest BCUT2D eigenvalue weighted by Crippen LogP contribution is -2.17. The number of ether oxygens (including phenoxy) is 1. The Morgan fingerprint density at radius 2 is 1.93 bits per heavy atom. The number of hydrogen-bond donors (Lipinski definition) is 1. The molecule has 0 fully saturated rings. The highest BCUT2D eigenvalue weighted by atomic mass is 79.9. The van der Waals surface area contributed by atoms with Crippen molar-refractivity contribution in [2.75, 3.05) is 0 Å². The van der Waals surface area contributed by atoms with Gasteiger partial charge in [-0.05, 0) is 64.8 Å². The van der Waals surface area contributed by atoms with Crippen molar-refractivity contribution in [2.45, 2.75) is 13.5 Å². The fourth-order valence-electron chi connectivity index (χ4n) is 2.56. The van der Waals surface area contributed by atoms with Crippen LogP contribution in [0.2, 0.25) is 0 Å². The first kappa shape index (κ1) is 20.3. The van der Waals surface area contributed by atoms with E-state index >= 15 is 0 Å². The lowest BCUT2D eigenvalue weighted by atomic mass is 10.1. The van der Waals surface area contributed by atoms with Crippen molar-refractivity contribution < 1.29 is 9.53 Å². The summed E-state index contributed by atoms with van der Waals surface area (Å²) < 4.78 is 6.57. The van der Waals surface area contributed by atoms with E-state index in [4.69, 9.17) is 10.00 Å². The van der Waals surface area contributed by atoms with Crippen LogP contribution in [0.5, 0.6) is 5.75 Å². The minimum atomic E-state index is -0.267. The summed E-state index contributed by atoms with van der Waals surface area (Å²) in [6.45, 7) is 2.26. The van der Waals surface area contributed by atoms with Crippen LogP contribution in [0.25, 0.3) is 0 Å². The van der Waals surface area contributed by atoms with Crippen LogP contribution in [0.4, 0.5) is 0 Å². The van der Waals surface area contributed by atoms with Crippen molar-refractivity contribution in [1.82, 2.24) is 5.43 Å². The summed E-state index contributed by atoms with van der Waals surface area (Å²) in [6.07, 6.45) is 1.56. The molecule has 3 rings (SSSR count). The van der Waals surface area contributed by atoms with Gasteiger partial charge in [0, 0.05) is 11.1 Å². The average Bonchev–Trinajstić information content (AvgIpc) is 2.73. The van der Waals surface area contributed by atoms with Gasteiger partial charge >= 0.3 is 0 Å².